The molecule has 0 aliphatic carbocycles. The first-order valence-electron chi connectivity index (χ1n) is 4.84. The van der Waals surface area contributed by atoms with Crippen LogP contribution in [0.5, 0.6) is 0 Å². The number of anilines is 1. The summed E-state index contributed by atoms with van der Waals surface area (Å²) in [6.45, 7) is 4.51. The van der Waals surface area contributed by atoms with Gasteiger partial charge in [0.2, 0.25) is 0 Å². The Bertz CT molecular complexity index is 310. The summed E-state index contributed by atoms with van der Waals surface area (Å²) in [6, 6.07) is 6.21. The quantitative estimate of drug-likeness (QED) is 0.817. The molecule has 0 fully saturated rings. The molecule has 0 amide bonds. The maximum absolute atomic E-state index is 5.96. The zero-order chi connectivity index (χ0) is 9.26. The standard InChI is InChI=1S/C11H14ClN.H3N/c1-2-6-13-7-5-9-3-4-10(12)8-11(9)13;/h3-4,8H,2,5-7H2,1H3;1H3. The van der Waals surface area contributed by atoms with Crippen molar-refractivity contribution in [3.8, 4) is 0 Å². The van der Waals surface area contributed by atoms with Gasteiger partial charge in [0.05, 0.1) is 0 Å². The SMILES string of the molecule is CCCN1CCc2ccc(Cl)cc21.N. The van der Waals surface area contributed by atoms with Gasteiger partial charge in [0.25, 0.3) is 0 Å². The summed E-state index contributed by atoms with van der Waals surface area (Å²) in [5.41, 5.74) is 2.78. The Labute approximate surface area is 90.4 Å². The molecule has 2 rings (SSSR count). The van der Waals surface area contributed by atoms with E-state index in [2.05, 4.69) is 24.0 Å². The predicted molar refractivity (Wildman–Crippen MR) is 62.7 cm³/mol. The minimum absolute atomic E-state index is 0. The molecule has 3 N–H and O–H groups in total. The highest BCUT2D eigenvalue weighted by atomic mass is 35.5. The fourth-order valence-electron chi connectivity index (χ4n) is 1.92. The molecular weight excluding hydrogens is 196 g/mol. The first-order valence-corrected chi connectivity index (χ1v) is 5.22. The minimum atomic E-state index is 0. The highest BCUT2D eigenvalue weighted by molar-refractivity contribution is 6.30. The molecule has 0 atom stereocenters. The zero-order valence-corrected chi connectivity index (χ0v) is 9.35. The van der Waals surface area contributed by atoms with E-state index in [4.69, 9.17) is 11.6 Å². The van der Waals surface area contributed by atoms with Gasteiger partial charge < -0.3 is 11.1 Å². The normalized spacial score (nSPS) is 13.7. The van der Waals surface area contributed by atoms with E-state index in [0.717, 1.165) is 18.1 Å². The van der Waals surface area contributed by atoms with Gasteiger partial charge in [-0.2, -0.15) is 0 Å². The lowest BCUT2D eigenvalue weighted by atomic mass is 10.2. The van der Waals surface area contributed by atoms with Gasteiger partial charge in [-0.1, -0.05) is 24.6 Å². The van der Waals surface area contributed by atoms with Crippen molar-refractivity contribution in [3.63, 3.8) is 0 Å². The van der Waals surface area contributed by atoms with E-state index in [0.29, 0.717) is 0 Å². The van der Waals surface area contributed by atoms with Crippen molar-refractivity contribution in [2.24, 2.45) is 0 Å². The van der Waals surface area contributed by atoms with Gasteiger partial charge in [0.1, 0.15) is 0 Å². The minimum Gasteiger partial charge on any atom is -0.371 e. The fraction of sp³-hybridized carbons (Fsp3) is 0.455. The second kappa shape index (κ2) is 4.67. The number of halogens is 1. The average molecular weight is 213 g/mol. The Morgan fingerprint density at radius 3 is 2.93 bits per heavy atom. The van der Waals surface area contributed by atoms with Crippen molar-refractivity contribution in [3.05, 3.63) is 28.8 Å². The first kappa shape index (κ1) is 11.3. The highest BCUT2D eigenvalue weighted by Gasteiger charge is 2.17. The van der Waals surface area contributed by atoms with Gasteiger partial charge in [-0.3, -0.25) is 0 Å². The Hall–Kier alpha value is -0.730. The van der Waals surface area contributed by atoms with Crippen LogP contribution in [0.15, 0.2) is 18.2 Å². The summed E-state index contributed by atoms with van der Waals surface area (Å²) >= 11 is 5.96. The molecule has 0 unspecified atom stereocenters. The second-order valence-corrected chi connectivity index (χ2v) is 3.95. The molecule has 1 aromatic rings. The van der Waals surface area contributed by atoms with Crippen LogP contribution in [0.1, 0.15) is 18.9 Å². The van der Waals surface area contributed by atoms with Crippen LogP contribution >= 0.6 is 11.6 Å². The number of hydrogen-bond acceptors (Lipinski definition) is 2. The molecular formula is C11H17ClN2. The van der Waals surface area contributed by atoms with Crippen LogP contribution in [0.2, 0.25) is 5.02 Å². The highest BCUT2D eigenvalue weighted by Crippen LogP contribution is 2.30. The molecule has 3 heteroatoms. The number of hydrogen-bond donors (Lipinski definition) is 1. The second-order valence-electron chi connectivity index (χ2n) is 3.51. The van der Waals surface area contributed by atoms with Crippen LogP contribution in [0, 0.1) is 0 Å². The zero-order valence-electron chi connectivity index (χ0n) is 8.59. The van der Waals surface area contributed by atoms with Gasteiger partial charge >= 0.3 is 0 Å². The van der Waals surface area contributed by atoms with E-state index in [1.54, 1.807) is 0 Å². The molecule has 0 saturated heterocycles. The average Bonchev–Trinajstić information content (AvgIpc) is 2.49. The van der Waals surface area contributed by atoms with Crippen LogP contribution < -0.4 is 11.1 Å². The Balaban J connectivity index is 0.000000980. The summed E-state index contributed by atoms with van der Waals surface area (Å²) in [5.74, 6) is 0. The molecule has 14 heavy (non-hydrogen) atoms. The molecule has 0 radical (unpaired) electrons. The molecule has 0 spiro atoms. The lowest BCUT2D eigenvalue weighted by molar-refractivity contribution is 0.796. The fourth-order valence-corrected chi connectivity index (χ4v) is 2.09. The maximum atomic E-state index is 5.96. The molecule has 1 aliphatic heterocycles. The van der Waals surface area contributed by atoms with Crippen molar-refractivity contribution in [1.82, 2.24) is 6.15 Å². The van der Waals surface area contributed by atoms with Crippen LogP contribution in [0.4, 0.5) is 5.69 Å². The van der Waals surface area contributed by atoms with E-state index < -0.39 is 0 Å². The number of rotatable bonds is 2. The van der Waals surface area contributed by atoms with Crippen LogP contribution in [0.3, 0.4) is 0 Å². The van der Waals surface area contributed by atoms with E-state index in [1.165, 1.54) is 24.1 Å². The topological polar surface area (TPSA) is 38.2 Å². The summed E-state index contributed by atoms with van der Waals surface area (Å²) < 4.78 is 0. The number of benzene rings is 1. The van der Waals surface area contributed by atoms with Gasteiger partial charge in [-0.05, 0) is 30.5 Å². The summed E-state index contributed by atoms with van der Waals surface area (Å²) in [5, 5.41) is 0.849. The van der Waals surface area contributed by atoms with Crippen LogP contribution in [0.25, 0.3) is 0 Å². The summed E-state index contributed by atoms with van der Waals surface area (Å²) in [6.07, 6.45) is 2.37. The Morgan fingerprint density at radius 1 is 1.43 bits per heavy atom. The molecule has 2 nitrogen and oxygen atoms in total. The van der Waals surface area contributed by atoms with Crippen molar-refractivity contribution < 1.29 is 0 Å². The van der Waals surface area contributed by atoms with Crippen molar-refractivity contribution >= 4 is 17.3 Å². The number of nitrogens with zero attached hydrogens (tertiary/aromatic N) is 1. The first-order chi connectivity index (χ1) is 6.31. The van der Waals surface area contributed by atoms with Gasteiger partial charge in [-0.25, -0.2) is 0 Å². The van der Waals surface area contributed by atoms with Gasteiger partial charge in [0.15, 0.2) is 0 Å². The van der Waals surface area contributed by atoms with Gasteiger partial charge in [0, 0.05) is 23.8 Å². The van der Waals surface area contributed by atoms with Crippen LogP contribution in [-0.2, 0) is 6.42 Å². The molecule has 0 aromatic heterocycles. The lowest BCUT2D eigenvalue weighted by Crippen LogP contribution is -2.20. The van der Waals surface area contributed by atoms with Crippen LogP contribution in [-0.4, -0.2) is 13.1 Å². The smallest absolute Gasteiger partial charge is 0.0426 e. The Kier molecular flexibility index (Phi) is 3.78. The number of fused-ring (bicyclic) bond motifs is 1. The lowest BCUT2D eigenvalue weighted by Gasteiger charge is -2.18. The summed E-state index contributed by atoms with van der Waals surface area (Å²) in [7, 11) is 0. The Morgan fingerprint density at radius 2 is 2.21 bits per heavy atom. The van der Waals surface area contributed by atoms with E-state index in [9.17, 15) is 0 Å². The third-order valence-corrected chi connectivity index (χ3v) is 2.77. The largest absolute Gasteiger partial charge is 0.371 e. The van der Waals surface area contributed by atoms with E-state index >= 15 is 0 Å². The van der Waals surface area contributed by atoms with Crippen molar-refractivity contribution in [1.29, 1.82) is 0 Å². The molecule has 0 bridgehead atoms. The molecule has 78 valence electrons. The van der Waals surface area contributed by atoms with E-state index in [-0.39, 0.29) is 6.15 Å². The molecule has 1 aliphatic rings. The van der Waals surface area contributed by atoms with E-state index in [1.807, 2.05) is 6.07 Å². The third kappa shape index (κ3) is 2.02. The molecule has 1 heterocycles. The molecule has 0 saturated carbocycles. The van der Waals surface area contributed by atoms with Crippen molar-refractivity contribution in [2.75, 3.05) is 18.0 Å². The molecule has 1 aromatic carbocycles. The van der Waals surface area contributed by atoms with Crippen molar-refractivity contribution in [2.45, 2.75) is 19.8 Å². The van der Waals surface area contributed by atoms with Gasteiger partial charge in [-0.15, -0.1) is 0 Å². The predicted octanol–water partition coefficient (Wildman–Crippen LogP) is 3.27. The third-order valence-electron chi connectivity index (χ3n) is 2.53. The summed E-state index contributed by atoms with van der Waals surface area (Å²) in [4.78, 5) is 2.42. The monoisotopic (exact) mass is 212 g/mol. The maximum Gasteiger partial charge on any atom is 0.0426 e.